The molecular weight excluding hydrogens is 288 g/mol. The molecule has 120 valence electrons. The first-order chi connectivity index (χ1) is 11.0. The van der Waals surface area contributed by atoms with Gasteiger partial charge in [-0.25, -0.2) is 4.79 Å². The quantitative estimate of drug-likeness (QED) is 0.590. The van der Waals surface area contributed by atoms with Gasteiger partial charge < -0.3 is 4.74 Å². The van der Waals surface area contributed by atoms with Crippen LogP contribution in [0, 0.1) is 13.8 Å². The number of Topliss-reactive ketones (excluding diaryl/α,β-unsaturated/α-hetero) is 1. The first kappa shape index (κ1) is 16.9. The molecule has 0 radical (unpaired) electrons. The first-order valence-corrected chi connectivity index (χ1v) is 7.88. The fourth-order valence-corrected chi connectivity index (χ4v) is 2.48. The van der Waals surface area contributed by atoms with Crippen LogP contribution in [0.2, 0.25) is 0 Å². The van der Waals surface area contributed by atoms with Crippen molar-refractivity contribution in [3.8, 4) is 0 Å². The van der Waals surface area contributed by atoms with E-state index in [0.29, 0.717) is 24.2 Å². The van der Waals surface area contributed by atoms with Crippen molar-refractivity contribution in [2.24, 2.45) is 0 Å². The van der Waals surface area contributed by atoms with Crippen molar-refractivity contribution in [1.29, 1.82) is 0 Å². The second kappa shape index (κ2) is 7.73. The van der Waals surface area contributed by atoms with E-state index in [9.17, 15) is 9.59 Å². The maximum atomic E-state index is 12.3. The van der Waals surface area contributed by atoms with Gasteiger partial charge in [0.15, 0.2) is 5.78 Å². The molecule has 2 aromatic carbocycles. The summed E-state index contributed by atoms with van der Waals surface area (Å²) in [6.45, 7) is 6.27. The molecule has 0 fully saturated rings. The predicted molar refractivity (Wildman–Crippen MR) is 91.0 cm³/mol. The molecular formula is C20H22O3. The lowest BCUT2D eigenvalue weighted by molar-refractivity contribution is 0.0526. The second-order valence-electron chi connectivity index (χ2n) is 5.58. The highest BCUT2D eigenvalue weighted by molar-refractivity contribution is 5.97. The monoisotopic (exact) mass is 310 g/mol. The maximum absolute atomic E-state index is 12.3. The standard InChI is InChI=1S/C20H22O3/c1-4-23-20(22)18-10-8-17(9-11-18)19(21)13-12-16-7-5-6-14(2)15(16)3/h5-11H,4,12-13H2,1-3H3. The van der Waals surface area contributed by atoms with Crippen LogP contribution in [0.5, 0.6) is 0 Å². The Kier molecular flexibility index (Phi) is 5.69. The summed E-state index contributed by atoms with van der Waals surface area (Å²) in [6, 6.07) is 12.8. The minimum Gasteiger partial charge on any atom is -0.462 e. The van der Waals surface area contributed by atoms with E-state index >= 15 is 0 Å². The second-order valence-corrected chi connectivity index (χ2v) is 5.58. The third-order valence-electron chi connectivity index (χ3n) is 4.06. The van der Waals surface area contributed by atoms with Crippen LogP contribution in [0.4, 0.5) is 0 Å². The highest BCUT2D eigenvalue weighted by atomic mass is 16.5. The van der Waals surface area contributed by atoms with E-state index in [1.807, 2.05) is 6.07 Å². The lowest BCUT2D eigenvalue weighted by Gasteiger charge is -2.08. The Balaban J connectivity index is 2.01. The number of aryl methyl sites for hydroxylation is 2. The Morgan fingerprint density at radius 3 is 2.26 bits per heavy atom. The zero-order valence-electron chi connectivity index (χ0n) is 13.9. The van der Waals surface area contributed by atoms with Gasteiger partial charge in [0, 0.05) is 12.0 Å². The van der Waals surface area contributed by atoms with Crippen LogP contribution < -0.4 is 0 Å². The van der Waals surface area contributed by atoms with Gasteiger partial charge in [-0.15, -0.1) is 0 Å². The zero-order valence-corrected chi connectivity index (χ0v) is 13.9. The Morgan fingerprint density at radius 1 is 0.957 bits per heavy atom. The molecule has 0 saturated heterocycles. The van der Waals surface area contributed by atoms with Crippen molar-refractivity contribution in [2.45, 2.75) is 33.6 Å². The summed E-state index contributed by atoms with van der Waals surface area (Å²) in [5.41, 5.74) is 4.80. The van der Waals surface area contributed by atoms with Crippen molar-refractivity contribution in [2.75, 3.05) is 6.61 Å². The van der Waals surface area contributed by atoms with Crippen LogP contribution in [0.3, 0.4) is 0 Å². The zero-order chi connectivity index (χ0) is 16.8. The number of benzene rings is 2. The molecule has 0 amide bonds. The molecule has 0 unspecified atom stereocenters. The average Bonchev–Trinajstić information content (AvgIpc) is 2.56. The van der Waals surface area contributed by atoms with Gasteiger partial charge in [0.1, 0.15) is 0 Å². The fraction of sp³-hybridized carbons (Fsp3) is 0.300. The minimum atomic E-state index is -0.359. The number of rotatable bonds is 6. The molecule has 23 heavy (non-hydrogen) atoms. The van der Waals surface area contributed by atoms with Crippen LogP contribution in [-0.2, 0) is 11.2 Å². The van der Waals surface area contributed by atoms with Crippen LogP contribution in [0.15, 0.2) is 42.5 Å². The van der Waals surface area contributed by atoms with Gasteiger partial charge in [-0.3, -0.25) is 4.79 Å². The van der Waals surface area contributed by atoms with Crippen LogP contribution in [0.1, 0.15) is 50.8 Å². The van der Waals surface area contributed by atoms with Crippen molar-refractivity contribution < 1.29 is 14.3 Å². The lowest BCUT2D eigenvalue weighted by atomic mass is 9.97. The minimum absolute atomic E-state index is 0.0846. The number of esters is 1. The smallest absolute Gasteiger partial charge is 0.338 e. The fourth-order valence-electron chi connectivity index (χ4n) is 2.48. The van der Waals surface area contributed by atoms with Crippen molar-refractivity contribution >= 4 is 11.8 Å². The third-order valence-corrected chi connectivity index (χ3v) is 4.06. The Hall–Kier alpha value is -2.42. The lowest BCUT2D eigenvalue weighted by Crippen LogP contribution is -2.06. The largest absolute Gasteiger partial charge is 0.462 e. The van der Waals surface area contributed by atoms with Gasteiger partial charge in [-0.05, 0) is 56.0 Å². The molecule has 3 nitrogen and oxygen atoms in total. The van der Waals surface area contributed by atoms with Gasteiger partial charge in [0.25, 0.3) is 0 Å². The summed E-state index contributed by atoms with van der Waals surface area (Å²) in [4.78, 5) is 23.9. The Bertz CT molecular complexity index is 699. The molecule has 0 aromatic heterocycles. The van der Waals surface area contributed by atoms with Crippen LogP contribution >= 0.6 is 0 Å². The molecule has 0 N–H and O–H groups in total. The van der Waals surface area contributed by atoms with Gasteiger partial charge >= 0.3 is 5.97 Å². The van der Waals surface area contributed by atoms with E-state index in [-0.39, 0.29) is 11.8 Å². The number of hydrogen-bond donors (Lipinski definition) is 0. The van der Waals surface area contributed by atoms with Crippen molar-refractivity contribution in [3.63, 3.8) is 0 Å². The molecule has 0 aliphatic heterocycles. The molecule has 0 aliphatic carbocycles. The van der Waals surface area contributed by atoms with E-state index < -0.39 is 0 Å². The average molecular weight is 310 g/mol. The summed E-state index contributed by atoms with van der Waals surface area (Å²) in [7, 11) is 0. The van der Waals surface area contributed by atoms with Gasteiger partial charge in [-0.2, -0.15) is 0 Å². The molecule has 2 rings (SSSR count). The van der Waals surface area contributed by atoms with E-state index in [2.05, 4.69) is 26.0 Å². The first-order valence-electron chi connectivity index (χ1n) is 7.88. The summed E-state index contributed by atoms with van der Waals surface area (Å²) >= 11 is 0. The number of carbonyl (C=O) groups excluding carboxylic acids is 2. The Labute approximate surface area is 137 Å². The Morgan fingerprint density at radius 2 is 1.61 bits per heavy atom. The highest BCUT2D eigenvalue weighted by Crippen LogP contribution is 2.16. The molecule has 0 bridgehead atoms. The van der Waals surface area contributed by atoms with E-state index in [4.69, 9.17) is 4.74 Å². The van der Waals surface area contributed by atoms with Gasteiger partial charge in [-0.1, -0.05) is 30.3 Å². The number of carbonyl (C=O) groups is 2. The van der Waals surface area contributed by atoms with E-state index in [0.717, 1.165) is 6.42 Å². The van der Waals surface area contributed by atoms with Gasteiger partial charge in [0.05, 0.1) is 12.2 Å². The van der Waals surface area contributed by atoms with Crippen LogP contribution in [-0.4, -0.2) is 18.4 Å². The molecule has 0 aliphatic rings. The van der Waals surface area contributed by atoms with E-state index in [1.54, 1.807) is 31.2 Å². The van der Waals surface area contributed by atoms with Crippen LogP contribution in [0.25, 0.3) is 0 Å². The molecule has 0 spiro atoms. The molecule has 3 heteroatoms. The number of hydrogen-bond acceptors (Lipinski definition) is 3. The molecule has 0 atom stereocenters. The van der Waals surface area contributed by atoms with Crippen molar-refractivity contribution in [3.05, 3.63) is 70.3 Å². The van der Waals surface area contributed by atoms with Gasteiger partial charge in [0.2, 0.25) is 0 Å². The van der Waals surface area contributed by atoms with Crippen molar-refractivity contribution in [1.82, 2.24) is 0 Å². The normalized spacial score (nSPS) is 10.4. The third kappa shape index (κ3) is 4.28. The SMILES string of the molecule is CCOC(=O)c1ccc(C(=O)CCc2cccc(C)c2C)cc1. The number of ketones is 1. The number of ether oxygens (including phenoxy) is 1. The topological polar surface area (TPSA) is 43.4 Å². The summed E-state index contributed by atoms with van der Waals surface area (Å²) < 4.78 is 4.93. The summed E-state index contributed by atoms with van der Waals surface area (Å²) in [5.74, 6) is -0.275. The molecule has 0 saturated carbocycles. The van der Waals surface area contributed by atoms with E-state index in [1.165, 1.54) is 16.7 Å². The summed E-state index contributed by atoms with van der Waals surface area (Å²) in [6.07, 6.45) is 1.19. The molecule has 2 aromatic rings. The predicted octanol–water partition coefficient (Wildman–Crippen LogP) is 4.30. The highest BCUT2D eigenvalue weighted by Gasteiger charge is 2.10. The maximum Gasteiger partial charge on any atom is 0.338 e. The summed E-state index contributed by atoms with van der Waals surface area (Å²) in [5, 5.41) is 0. The molecule has 0 heterocycles.